The minimum absolute atomic E-state index is 0.0273. The van der Waals surface area contributed by atoms with Crippen molar-refractivity contribution in [2.45, 2.75) is 51.9 Å². The van der Waals surface area contributed by atoms with E-state index in [1.165, 1.54) is 12.2 Å². The summed E-state index contributed by atoms with van der Waals surface area (Å²) in [6.07, 6.45) is 6.62. The smallest absolute Gasteiger partial charge is 0.192 e. The molecule has 0 unspecified atom stereocenters. The summed E-state index contributed by atoms with van der Waals surface area (Å²) >= 11 is 0. The Morgan fingerprint density at radius 1 is 1.00 bits per heavy atom. The second-order valence-electron chi connectivity index (χ2n) is 7.78. The van der Waals surface area contributed by atoms with Crippen molar-refractivity contribution in [3.63, 3.8) is 0 Å². The van der Waals surface area contributed by atoms with Gasteiger partial charge in [0.05, 0.1) is 12.0 Å². The largest absolute Gasteiger partial charge is 0.410 e. The zero-order chi connectivity index (χ0) is 16.0. The number of rotatable bonds is 2. The van der Waals surface area contributed by atoms with Crippen LogP contribution in [0.4, 0.5) is 0 Å². The van der Waals surface area contributed by atoms with E-state index in [0.717, 1.165) is 0 Å². The van der Waals surface area contributed by atoms with Gasteiger partial charge in [-0.25, -0.2) is 0 Å². The van der Waals surface area contributed by atoms with Crippen LogP contribution in [0.5, 0.6) is 0 Å². The third-order valence-electron chi connectivity index (χ3n) is 5.22. The quantitative estimate of drug-likeness (QED) is 0.579. The Hall–Kier alpha value is -1.00. The van der Waals surface area contributed by atoms with Gasteiger partial charge in [0.25, 0.3) is 0 Å². The summed E-state index contributed by atoms with van der Waals surface area (Å²) in [6.45, 7) is 12.9. The maximum absolute atomic E-state index is 12.3. The van der Waals surface area contributed by atoms with Crippen LogP contribution in [0.2, 0.25) is 18.1 Å². The maximum Gasteiger partial charge on any atom is 0.192 e. The van der Waals surface area contributed by atoms with Crippen molar-refractivity contribution < 1.29 is 14.0 Å². The molecule has 0 bridgehead atoms. The molecular weight excluding hydrogens is 280 g/mol. The lowest BCUT2D eigenvalue weighted by Crippen LogP contribution is -2.51. The van der Waals surface area contributed by atoms with Gasteiger partial charge >= 0.3 is 0 Å². The van der Waals surface area contributed by atoms with Gasteiger partial charge in [0.2, 0.25) is 0 Å². The van der Waals surface area contributed by atoms with Gasteiger partial charge in [-0.05, 0) is 36.2 Å². The van der Waals surface area contributed by atoms with Crippen LogP contribution in [0.25, 0.3) is 0 Å². The summed E-state index contributed by atoms with van der Waals surface area (Å²) < 4.78 is 6.42. The normalized spacial score (nSPS) is 33.2. The lowest BCUT2D eigenvalue weighted by Gasteiger charge is -2.44. The standard InChI is InChI=1S/C17H26O3Si/c1-11-7-10-14(20-21(5,6)17(2,3)4)16-13(19)9-8-12(18)15(11)16/h7-11,14-16H,1-6H3/t11-,14+,15+,16+/m1/s1. The van der Waals surface area contributed by atoms with Crippen molar-refractivity contribution >= 4 is 19.9 Å². The molecule has 0 saturated carbocycles. The van der Waals surface area contributed by atoms with E-state index >= 15 is 0 Å². The first-order valence-electron chi connectivity index (χ1n) is 7.66. The maximum atomic E-state index is 12.3. The Morgan fingerprint density at radius 3 is 2.05 bits per heavy atom. The van der Waals surface area contributed by atoms with Crippen molar-refractivity contribution in [1.82, 2.24) is 0 Å². The zero-order valence-electron chi connectivity index (χ0n) is 13.8. The minimum Gasteiger partial charge on any atom is -0.410 e. The summed E-state index contributed by atoms with van der Waals surface area (Å²) in [6, 6.07) is 0. The van der Waals surface area contributed by atoms with Gasteiger partial charge in [-0.2, -0.15) is 0 Å². The van der Waals surface area contributed by atoms with Gasteiger partial charge in [-0.3, -0.25) is 9.59 Å². The average Bonchev–Trinajstić information content (AvgIpc) is 2.34. The molecule has 4 heteroatoms. The van der Waals surface area contributed by atoms with E-state index in [9.17, 15) is 9.59 Å². The summed E-state index contributed by atoms with van der Waals surface area (Å²) in [5.41, 5.74) is 0. The number of fused-ring (bicyclic) bond motifs is 1. The monoisotopic (exact) mass is 306 g/mol. The molecule has 0 radical (unpaired) electrons. The molecule has 0 saturated heterocycles. The van der Waals surface area contributed by atoms with Gasteiger partial charge < -0.3 is 4.43 Å². The summed E-state index contributed by atoms with van der Waals surface area (Å²) in [4.78, 5) is 24.5. The van der Waals surface area contributed by atoms with Crippen molar-refractivity contribution in [1.29, 1.82) is 0 Å². The summed E-state index contributed by atoms with van der Waals surface area (Å²) in [5, 5.41) is 0.0803. The van der Waals surface area contributed by atoms with Crippen LogP contribution >= 0.6 is 0 Å². The van der Waals surface area contributed by atoms with E-state index < -0.39 is 8.32 Å². The van der Waals surface area contributed by atoms with Crippen LogP contribution < -0.4 is 0 Å². The number of allylic oxidation sites excluding steroid dienone is 3. The van der Waals surface area contributed by atoms with Gasteiger partial charge in [-0.15, -0.1) is 0 Å². The van der Waals surface area contributed by atoms with Gasteiger partial charge in [0.1, 0.15) is 0 Å². The summed E-state index contributed by atoms with van der Waals surface area (Å²) in [7, 11) is -1.98. The minimum atomic E-state index is -1.98. The van der Waals surface area contributed by atoms with Gasteiger partial charge in [-0.1, -0.05) is 39.8 Å². The molecule has 4 atom stereocenters. The first kappa shape index (κ1) is 16.4. The second kappa shape index (κ2) is 5.32. The highest BCUT2D eigenvalue weighted by molar-refractivity contribution is 6.74. The van der Waals surface area contributed by atoms with Crippen molar-refractivity contribution in [3.8, 4) is 0 Å². The van der Waals surface area contributed by atoms with Crippen LogP contribution in [-0.4, -0.2) is 26.0 Å². The Balaban J connectivity index is 2.32. The van der Waals surface area contributed by atoms with E-state index in [1.807, 2.05) is 19.1 Å². The molecule has 0 aromatic carbocycles. The highest BCUT2D eigenvalue weighted by Crippen LogP contribution is 2.42. The van der Waals surface area contributed by atoms with Crippen molar-refractivity contribution in [2.75, 3.05) is 0 Å². The van der Waals surface area contributed by atoms with E-state index in [4.69, 9.17) is 4.43 Å². The predicted molar refractivity (Wildman–Crippen MR) is 86.5 cm³/mol. The molecule has 0 N–H and O–H groups in total. The van der Waals surface area contributed by atoms with Crippen LogP contribution in [0.15, 0.2) is 24.3 Å². The third kappa shape index (κ3) is 2.97. The van der Waals surface area contributed by atoms with Crippen molar-refractivity contribution in [3.05, 3.63) is 24.3 Å². The van der Waals surface area contributed by atoms with Crippen LogP contribution in [0, 0.1) is 17.8 Å². The fourth-order valence-electron chi connectivity index (χ4n) is 2.85. The first-order valence-corrected chi connectivity index (χ1v) is 10.6. The van der Waals surface area contributed by atoms with Gasteiger partial charge in [0.15, 0.2) is 19.9 Å². The molecule has 21 heavy (non-hydrogen) atoms. The molecule has 116 valence electrons. The summed E-state index contributed by atoms with van der Waals surface area (Å²) in [5.74, 6) is -0.436. The highest BCUT2D eigenvalue weighted by Gasteiger charge is 2.47. The van der Waals surface area contributed by atoms with E-state index in [1.54, 1.807) is 0 Å². The second-order valence-corrected chi connectivity index (χ2v) is 12.5. The number of carbonyl (C=O) groups excluding carboxylic acids is 2. The Morgan fingerprint density at radius 2 is 1.52 bits per heavy atom. The molecular formula is C17H26O3Si. The number of hydrogen-bond donors (Lipinski definition) is 0. The first-order chi connectivity index (χ1) is 9.54. The van der Waals surface area contributed by atoms with Crippen molar-refractivity contribution in [2.24, 2.45) is 17.8 Å². The Labute approximate surface area is 128 Å². The number of hydrogen-bond acceptors (Lipinski definition) is 3. The highest BCUT2D eigenvalue weighted by atomic mass is 28.4. The number of carbonyl (C=O) groups is 2. The lowest BCUT2D eigenvalue weighted by atomic mass is 9.69. The molecule has 0 heterocycles. The molecule has 0 aromatic heterocycles. The lowest BCUT2D eigenvalue weighted by molar-refractivity contribution is -0.133. The average molecular weight is 306 g/mol. The molecule has 2 rings (SSSR count). The fraction of sp³-hybridized carbons (Fsp3) is 0.647. The Kier molecular flexibility index (Phi) is 4.15. The van der Waals surface area contributed by atoms with Gasteiger partial charge in [0, 0.05) is 5.92 Å². The van der Waals surface area contributed by atoms with Crippen LogP contribution in [0.3, 0.4) is 0 Å². The molecule has 2 aliphatic rings. The predicted octanol–water partition coefficient (Wildman–Crippen LogP) is 3.52. The number of ketones is 2. The SMILES string of the molecule is C[C@@H]1C=C[C@H](O[Si](C)(C)C(C)(C)C)[C@@H]2C(=O)C=CC(=O)[C@@H]21. The van der Waals surface area contributed by atoms with Crippen LogP contribution in [0.1, 0.15) is 27.7 Å². The molecule has 0 amide bonds. The topological polar surface area (TPSA) is 43.4 Å². The fourth-order valence-corrected chi connectivity index (χ4v) is 4.11. The zero-order valence-corrected chi connectivity index (χ0v) is 14.8. The molecule has 0 spiro atoms. The van der Waals surface area contributed by atoms with E-state index in [2.05, 4.69) is 33.9 Å². The van der Waals surface area contributed by atoms with E-state index in [-0.39, 0.29) is 40.5 Å². The third-order valence-corrected chi connectivity index (χ3v) is 9.69. The molecule has 0 aliphatic heterocycles. The molecule has 2 aliphatic carbocycles. The van der Waals surface area contributed by atoms with E-state index in [0.29, 0.717) is 0 Å². The molecule has 3 nitrogen and oxygen atoms in total. The molecule has 0 fully saturated rings. The van der Waals surface area contributed by atoms with Crippen LogP contribution in [-0.2, 0) is 14.0 Å². The molecule has 0 aromatic rings. The Bertz CT molecular complexity index is 511.